The van der Waals surface area contributed by atoms with Crippen molar-refractivity contribution in [2.24, 2.45) is 0 Å². The van der Waals surface area contributed by atoms with Crippen LogP contribution in [0.3, 0.4) is 0 Å². The predicted octanol–water partition coefficient (Wildman–Crippen LogP) is 2.04. The van der Waals surface area contributed by atoms with E-state index in [1.807, 2.05) is 31.2 Å². The maximum absolute atomic E-state index is 11.4. The topological polar surface area (TPSA) is 58.6 Å². The van der Waals surface area contributed by atoms with Gasteiger partial charge in [0.05, 0.1) is 6.61 Å². The molecule has 17 heavy (non-hydrogen) atoms. The molecule has 4 heteroatoms. The number of aryl methyl sites for hydroxylation is 1. The number of rotatable bonds is 3. The summed E-state index contributed by atoms with van der Waals surface area (Å²) in [5, 5.41) is 12.5. The van der Waals surface area contributed by atoms with E-state index in [9.17, 15) is 9.90 Å². The SMILES string of the molecule is Cc1ccccc1NC1(C(=O)O)CCCOC1. The molecule has 0 saturated carbocycles. The van der Waals surface area contributed by atoms with Crippen LogP contribution in [0.5, 0.6) is 0 Å². The lowest BCUT2D eigenvalue weighted by Crippen LogP contribution is -2.52. The molecule has 0 spiro atoms. The van der Waals surface area contributed by atoms with Crippen LogP contribution in [0.2, 0.25) is 0 Å². The fourth-order valence-electron chi connectivity index (χ4n) is 2.09. The van der Waals surface area contributed by atoms with Gasteiger partial charge in [-0.15, -0.1) is 0 Å². The lowest BCUT2D eigenvalue weighted by atomic mass is 9.91. The molecule has 4 nitrogen and oxygen atoms in total. The van der Waals surface area contributed by atoms with Crippen molar-refractivity contribution in [2.75, 3.05) is 18.5 Å². The number of carboxylic acid groups (broad SMARTS) is 1. The van der Waals surface area contributed by atoms with E-state index in [1.165, 1.54) is 0 Å². The first-order valence-electron chi connectivity index (χ1n) is 5.79. The number of nitrogens with one attached hydrogen (secondary N) is 1. The lowest BCUT2D eigenvalue weighted by Gasteiger charge is -2.35. The number of para-hydroxylation sites is 1. The fraction of sp³-hybridized carbons (Fsp3) is 0.462. The number of aliphatic carboxylic acids is 1. The van der Waals surface area contributed by atoms with Crippen LogP contribution in [0.4, 0.5) is 5.69 Å². The molecule has 0 aromatic heterocycles. The van der Waals surface area contributed by atoms with Crippen LogP contribution in [0.25, 0.3) is 0 Å². The average Bonchev–Trinajstić information content (AvgIpc) is 2.33. The van der Waals surface area contributed by atoms with E-state index >= 15 is 0 Å². The molecule has 1 aromatic carbocycles. The minimum absolute atomic E-state index is 0.219. The van der Waals surface area contributed by atoms with Gasteiger partial charge in [-0.25, -0.2) is 4.79 Å². The van der Waals surface area contributed by atoms with Crippen molar-refractivity contribution in [3.8, 4) is 0 Å². The molecule has 0 amide bonds. The van der Waals surface area contributed by atoms with Gasteiger partial charge in [-0.1, -0.05) is 18.2 Å². The molecule has 1 saturated heterocycles. The molecule has 0 aliphatic carbocycles. The van der Waals surface area contributed by atoms with Crippen molar-refractivity contribution in [1.82, 2.24) is 0 Å². The zero-order chi connectivity index (χ0) is 12.3. The van der Waals surface area contributed by atoms with Crippen LogP contribution in [0.1, 0.15) is 18.4 Å². The molecule has 0 radical (unpaired) electrons. The smallest absolute Gasteiger partial charge is 0.331 e. The Labute approximate surface area is 101 Å². The number of hydrogen-bond acceptors (Lipinski definition) is 3. The van der Waals surface area contributed by atoms with Crippen LogP contribution in [0, 0.1) is 6.92 Å². The Hall–Kier alpha value is -1.55. The average molecular weight is 235 g/mol. The molecular formula is C13H17NO3. The zero-order valence-corrected chi connectivity index (χ0v) is 9.90. The van der Waals surface area contributed by atoms with Gasteiger partial charge < -0.3 is 15.2 Å². The minimum atomic E-state index is -0.982. The first kappa shape index (κ1) is 11.9. The summed E-state index contributed by atoms with van der Waals surface area (Å²) < 4.78 is 5.32. The van der Waals surface area contributed by atoms with Gasteiger partial charge in [0.25, 0.3) is 0 Å². The largest absolute Gasteiger partial charge is 0.479 e. The molecule has 1 fully saturated rings. The van der Waals surface area contributed by atoms with Gasteiger partial charge in [-0.05, 0) is 31.4 Å². The third-order valence-corrected chi connectivity index (χ3v) is 3.17. The van der Waals surface area contributed by atoms with E-state index in [0.29, 0.717) is 13.0 Å². The highest BCUT2D eigenvalue weighted by atomic mass is 16.5. The van der Waals surface area contributed by atoms with Crippen LogP contribution in [0.15, 0.2) is 24.3 Å². The van der Waals surface area contributed by atoms with Crippen molar-refractivity contribution in [1.29, 1.82) is 0 Å². The van der Waals surface area contributed by atoms with Crippen molar-refractivity contribution in [3.63, 3.8) is 0 Å². The van der Waals surface area contributed by atoms with Crippen LogP contribution in [-0.4, -0.2) is 29.8 Å². The number of anilines is 1. The Morgan fingerprint density at radius 3 is 2.82 bits per heavy atom. The van der Waals surface area contributed by atoms with E-state index in [1.54, 1.807) is 0 Å². The van der Waals surface area contributed by atoms with Gasteiger partial charge in [0.15, 0.2) is 5.54 Å². The van der Waals surface area contributed by atoms with Gasteiger partial charge in [-0.2, -0.15) is 0 Å². The van der Waals surface area contributed by atoms with Crippen molar-refractivity contribution in [3.05, 3.63) is 29.8 Å². The molecule has 1 aromatic rings. The maximum atomic E-state index is 11.4. The summed E-state index contributed by atoms with van der Waals surface area (Å²) in [6, 6.07) is 7.69. The molecule has 1 aliphatic rings. The molecule has 92 valence electrons. The molecule has 2 N–H and O–H groups in total. The first-order chi connectivity index (χ1) is 8.14. The zero-order valence-electron chi connectivity index (χ0n) is 9.90. The molecule has 0 bridgehead atoms. The Morgan fingerprint density at radius 2 is 2.24 bits per heavy atom. The highest BCUT2D eigenvalue weighted by Crippen LogP contribution is 2.26. The highest BCUT2D eigenvalue weighted by molar-refractivity contribution is 5.83. The summed E-state index contributed by atoms with van der Waals surface area (Å²) in [4.78, 5) is 11.4. The highest BCUT2D eigenvalue weighted by Gasteiger charge is 2.40. The van der Waals surface area contributed by atoms with Crippen LogP contribution < -0.4 is 5.32 Å². The predicted molar refractivity (Wildman–Crippen MR) is 65.2 cm³/mol. The monoisotopic (exact) mass is 235 g/mol. The number of ether oxygens (including phenoxy) is 1. The maximum Gasteiger partial charge on any atom is 0.331 e. The third-order valence-electron chi connectivity index (χ3n) is 3.17. The summed E-state index contributed by atoms with van der Waals surface area (Å²) in [7, 11) is 0. The molecule has 1 atom stereocenters. The summed E-state index contributed by atoms with van der Waals surface area (Å²) >= 11 is 0. The summed E-state index contributed by atoms with van der Waals surface area (Å²) in [5.41, 5.74) is 0.920. The number of carboxylic acids is 1. The van der Waals surface area contributed by atoms with Crippen molar-refractivity contribution in [2.45, 2.75) is 25.3 Å². The summed E-state index contributed by atoms with van der Waals surface area (Å²) in [6.07, 6.45) is 1.36. The van der Waals surface area contributed by atoms with Gasteiger partial charge >= 0.3 is 5.97 Å². The molecule has 1 aliphatic heterocycles. The number of benzene rings is 1. The Balaban J connectivity index is 2.24. The quantitative estimate of drug-likeness (QED) is 0.841. The second-order valence-electron chi connectivity index (χ2n) is 4.48. The minimum Gasteiger partial charge on any atom is -0.479 e. The normalized spacial score (nSPS) is 24.3. The Kier molecular flexibility index (Phi) is 3.33. The molecular weight excluding hydrogens is 218 g/mol. The van der Waals surface area contributed by atoms with E-state index in [0.717, 1.165) is 17.7 Å². The van der Waals surface area contributed by atoms with E-state index in [-0.39, 0.29) is 6.61 Å². The number of hydrogen-bond donors (Lipinski definition) is 2. The summed E-state index contributed by atoms with van der Waals surface area (Å²) in [5.74, 6) is -0.847. The van der Waals surface area contributed by atoms with Crippen molar-refractivity contribution >= 4 is 11.7 Å². The molecule has 1 unspecified atom stereocenters. The standard InChI is InChI=1S/C13H17NO3/c1-10-5-2-3-6-11(10)14-13(12(15)16)7-4-8-17-9-13/h2-3,5-6,14H,4,7-9H2,1H3,(H,15,16). The van der Waals surface area contributed by atoms with Gasteiger partial charge in [-0.3, -0.25) is 0 Å². The van der Waals surface area contributed by atoms with Crippen molar-refractivity contribution < 1.29 is 14.6 Å². The number of carbonyl (C=O) groups is 1. The van der Waals surface area contributed by atoms with Gasteiger partial charge in [0, 0.05) is 12.3 Å². The lowest BCUT2D eigenvalue weighted by molar-refractivity contribution is -0.146. The Morgan fingerprint density at radius 1 is 1.47 bits per heavy atom. The van der Waals surface area contributed by atoms with E-state index < -0.39 is 11.5 Å². The fourth-order valence-corrected chi connectivity index (χ4v) is 2.09. The van der Waals surface area contributed by atoms with Crippen LogP contribution >= 0.6 is 0 Å². The summed E-state index contributed by atoms with van der Waals surface area (Å²) in [6.45, 7) is 2.82. The molecule has 1 heterocycles. The van der Waals surface area contributed by atoms with E-state index in [2.05, 4.69) is 5.32 Å². The second kappa shape index (κ2) is 4.75. The third kappa shape index (κ3) is 2.42. The Bertz CT molecular complexity index is 411. The second-order valence-corrected chi connectivity index (χ2v) is 4.48. The van der Waals surface area contributed by atoms with Crippen LogP contribution in [-0.2, 0) is 9.53 Å². The van der Waals surface area contributed by atoms with Gasteiger partial charge in [0.2, 0.25) is 0 Å². The van der Waals surface area contributed by atoms with E-state index in [4.69, 9.17) is 4.74 Å². The molecule has 2 rings (SSSR count). The first-order valence-corrected chi connectivity index (χ1v) is 5.79. The van der Waals surface area contributed by atoms with Gasteiger partial charge in [0.1, 0.15) is 0 Å².